The predicted octanol–water partition coefficient (Wildman–Crippen LogP) is 2.86. The Morgan fingerprint density at radius 2 is 1.95 bits per heavy atom. The second-order valence-electron chi connectivity index (χ2n) is 5.90. The Morgan fingerprint density at radius 1 is 1.15 bits per heavy atom. The number of carbonyl (C=O) groups excluding carboxylic acids is 1. The third kappa shape index (κ3) is 3.14. The first kappa shape index (κ1) is 13.5. The highest BCUT2D eigenvalue weighted by atomic mass is 16.5. The smallest absolute Gasteiger partial charge is 0.223 e. The minimum atomic E-state index is 0.199. The standard InChI is InChI=1S/C17H23NO2/c19-17(14-6-3-7-14)18-10-11-20-16-9-8-13-4-1-2-5-15(13)12-16/h8-9,12,14H,1-7,10-11H2,(H,18,19). The van der Waals surface area contributed by atoms with Gasteiger partial charge in [-0.3, -0.25) is 4.79 Å². The Bertz CT molecular complexity index is 480. The molecule has 108 valence electrons. The van der Waals surface area contributed by atoms with Crippen molar-refractivity contribution >= 4 is 5.91 Å². The number of carbonyl (C=O) groups is 1. The van der Waals surface area contributed by atoms with Gasteiger partial charge in [-0.25, -0.2) is 0 Å². The second-order valence-corrected chi connectivity index (χ2v) is 5.90. The van der Waals surface area contributed by atoms with Crippen LogP contribution in [0.2, 0.25) is 0 Å². The first-order valence-electron chi connectivity index (χ1n) is 7.85. The third-order valence-electron chi connectivity index (χ3n) is 4.47. The molecule has 2 aliphatic rings. The van der Waals surface area contributed by atoms with Crippen molar-refractivity contribution in [2.75, 3.05) is 13.2 Å². The Labute approximate surface area is 120 Å². The van der Waals surface area contributed by atoms with Crippen molar-refractivity contribution < 1.29 is 9.53 Å². The molecule has 1 amide bonds. The minimum Gasteiger partial charge on any atom is -0.492 e. The number of fused-ring (bicyclic) bond motifs is 1. The molecule has 0 radical (unpaired) electrons. The fraction of sp³-hybridized carbons (Fsp3) is 0.588. The molecule has 0 aromatic heterocycles. The van der Waals surface area contributed by atoms with Crippen molar-refractivity contribution in [1.29, 1.82) is 0 Å². The van der Waals surface area contributed by atoms with Gasteiger partial charge in [-0.1, -0.05) is 12.5 Å². The predicted molar refractivity (Wildman–Crippen MR) is 78.9 cm³/mol. The molecule has 2 aliphatic carbocycles. The quantitative estimate of drug-likeness (QED) is 0.838. The molecule has 1 aromatic carbocycles. The zero-order valence-corrected chi connectivity index (χ0v) is 12.0. The fourth-order valence-electron chi connectivity index (χ4n) is 2.96. The van der Waals surface area contributed by atoms with Crippen LogP contribution in [0.5, 0.6) is 5.75 Å². The van der Waals surface area contributed by atoms with E-state index in [0.29, 0.717) is 13.2 Å². The van der Waals surface area contributed by atoms with Crippen LogP contribution < -0.4 is 10.1 Å². The Morgan fingerprint density at radius 3 is 2.70 bits per heavy atom. The van der Waals surface area contributed by atoms with Crippen LogP contribution in [0.3, 0.4) is 0 Å². The van der Waals surface area contributed by atoms with Gasteiger partial charge < -0.3 is 10.1 Å². The van der Waals surface area contributed by atoms with Crippen molar-refractivity contribution in [3.63, 3.8) is 0 Å². The largest absolute Gasteiger partial charge is 0.492 e. The molecular weight excluding hydrogens is 250 g/mol. The average molecular weight is 273 g/mol. The molecule has 3 heteroatoms. The third-order valence-corrected chi connectivity index (χ3v) is 4.47. The molecule has 20 heavy (non-hydrogen) atoms. The first-order valence-corrected chi connectivity index (χ1v) is 7.85. The lowest BCUT2D eigenvalue weighted by Gasteiger charge is -2.24. The second kappa shape index (κ2) is 6.29. The number of hydrogen-bond donors (Lipinski definition) is 1. The van der Waals surface area contributed by atoms with Gasteiger partial charge >= 0.3 is 0 Å². The summed E-state index contributed by atoms with van der Waals surface area (Å²) in [6, 6.07) is 6.41. The number of nitrogens with one attached hydrogen (secondary N) is 1. The van der Waals surface area contributed by atoms with E-state index in [9.17, 15) is 4.79 Å². The zero-order valence-electron chi connectivity index (χ0n) is 12.0. The summed E-state index contributed by atoms with van der Waals surface area (Å²) in [5.74, 6) is 1.40. The van der Waals surface area contributed by atoms with Gasteiger partial charge in [0, 0.05) is 5.92 Å². The molecule has 1 saturated carbocycles. The van der Waals surface area contributed by atoms with Crippen LogP contribution >= 0.6 is 0 Å². The van der Waals surface area contributed by atoms with Crippen molar-refractivity contribution in [2.24, 2.45) is 5.92 Å². The SMILES string of the molecule is O=C(NCCOc1ccc2c(c1)CCCC2)C1CCC1. The van der Waals surface area contributed by atoms with Gasteiger partial charge in [0.25, 0.3) is 0 Å². The summed E-state index contributed by atoms with van der Waals surface area (Å²) in [7, 11) is 0. The van der Waals surface area contributed by atoms with E-state index in [4.69, 9.17) is 4.74 Å². The van der Waals surface area contributed by atoms with Crippen LogP contribution in [-0.4, -0.2) is 19.1 Å². The summed E-state index contributed by atoms with van der Waals surface area (Å²) >= 11 is 0. The van der Waals surface area contributed by atoms with E-state index < -0.39 is 0 Å². The number of ether oxygens (including phenoxy) is 1. The topological polar surface area (TPSA) is 38.3 Å². The number of benzene rings is 1. The van der Waals surface area contributed by atoms with Crippen LogP contribution in [0, 0.1) is 5.92 Å². The molecule has 1 fully saturated rings. The molecular formula is C17H23NO2. The average Bonchev–Trinajstić information content (AvgIpc) is 2.41. The van der Waals surface area contributed by atoms with Crippen LogP contribution in [0.4, 0.5) is 0 Å². The van der Waals surface area contributed by atoms with E-state index in [2.05, 4.69) is 23.5 Å². The van der Waals surface area contributed by atoms with Crippen LogP contribution in [0.1, 0.15) is 43.2 Å². The maximum absolute atomic E-state index is 11.7. The number of aryl methyl sites for hydroxylation is 2. The Hall–Kier alpha value is -1.51. The molecule has 0 bridgehead atoms. The van der Waals surface area contributed by atoms with Crippen LogP contribution in [-0.2, 0) is 17.6 Å². The summed E-state index contributed by atoms with van der Waals surface area (Å²) in [6.45, 7) is 1.16. The molecule has 1 N–H and O–H groups in total. The van der Waals surface area contributed by atoms with E-state index in [0.717, 1.165) is 18.6 Å². The maximum Gasteiger partial charge on any atom is 0.223 e. The number of hydrogen-bond acceptors (Lipinski definition) is 2. The number of amides is 1. The summed E-state index contributed by atoms with van der Waals surface area (Å²) in [4.78, 5) is 11.7. The molecule has 0 aliphatic heterocycles. The molecule has 0 unspecified atom stereocenters. The van der Waals surface area contributed by atoms with Gasteiger partial charge in [0.05, 0.1) is 6.54 Å². The number of rotatable bonds is 5. The highest BCUT2D eigenvalue weighted by Gasteiger charge is 2.24. The molecule has 0 saturated heterocycles. The Kier molecular flexibility index (Phi) is 4.24. The lowest BCUT2D eigenvalue weighted by atomic mass is 9.85. The summed E-state index contributed by atoms with van der Waals surface area (Å²) in [6.07, 6.45) is 8.27. The summed E-state index contributed by atoms with van der Waals surface area (Å²) in [5.41, 5.74) is 2.91. The summed E-state index contributed by atoms with van der Waals surface area (Å²) < 4.78 is 5.74. The molecule has 0 atom stereocenters. The van der Waals surface area contributed by atoms with E-state index in [-0.39, 0.29) is 11.8 Å². The molecule has 0 spiro atoms. The van der Waals surface area contributed by atoms with Crippen molar-refractivity contribution in [1.82, 2.24) is 5.32 Å². The molecule has 3 nitrogen and oxygen atoms in total. The Balaban J connectivity index is 1.43. The maximum atomic E-state index is 11.7. The van der Waals surface area contributed by atoms with E-state index in [1.54, 1.807) is 0 Å². The van der Waals surface area contributed by atoms with Gasteiger partial charge in [-0.05, 0) is 61.8 Å². The van der Waals surface area contributed by atoms with Crippen LogP contribution in [0.15, 0.2) is 18.2 Å². The van der Waals surface area contributed by atoms with E-state index >= 15 is 0 Å². The lowest BCUT2D eigenvalue weighted by Crippen LogP contribution is -2.36. The van der Waals surface area contributed by atoms with Crippen molar-refractivity contribution in [3.8, 4) is 5.75 Å². The van der Waals surface area contributed by atoms with Crippen LogP contribution in [0.25, 0.3) is 0 Å². The van der Waals surface area contributed by atoms with Gasteiger partial charge in [0.2, 0.25) is 5.91 Å². The zero-order chi connectivity index (χ0) is 13.8. The van der Waals surface area contributed by atoms with Crippen molar-refractivity contribution in [3.05, 3.63) is 29.3 Å². The normalized spacial score (nSPS) is 18.0. The highest BCUT2D eigenvalue weighted by molar-refractivity contribution is 5.79. The summed E-state index contributed by atoms with van der Waals surface area (Å²) in [5, 5.41) is 2.95. The fourth-order valence-corrected chi connectivity index (χ4v) is 2.96. The van der Waals surface area contributed by atoms with E-state index in [1.807, 2.05) is 0 Å². The minimum absolute atomic E-state index is 0.199. The molecule has 3 rings (SSSR count). The van der Waals surface area contributed by atoms with Crippen molar-refractivity contribution in [2.45, 2.75) is 44.9 Å². The molecule has 1 aromatic rings. The van der Waals surface area contributed by atoms with Gasteiger partial charge in [0.1, 0.15) is 12.4 Å². The lowest BCUT2D eigenvalue weighted by molar-refractivity contribution is -0.127. The first-order chi connectivity index (χ1) is 9.83. The van der Waals surface area contributed by atoms with E-state index in [1.165, 1.54) is 43.2 Å². The van der Waals surface area contributed by atoms with Gasteiger partial charge in [-0.2, -0.15) is 0 Å². The van der Waals surface area contributed by atoms with Gasteiger partial charge in [0.15, 0.2) is 0 Å². The van der Waals surface area contributed by atoms with Gasteiger partial charge in [-0.15, -0.1) is 0 Å². The monoisotopic (exact) mass is 273 g/mol. The molecule has 0 heterocycles. The highest BCUT2D eigenvalue weighted by Crippen LogP contribution is 2.26.